The zero-order valence-electron chi connectivity index (χ0n) is 15.5. The lowest BCUT2D eigenvalue weighted by molar-refractivity contribution is -0.118. The maximum atomic E-state index is 12.6. The van der Waals surface area contributed by atoms with E-state index >= 15 is 0 Å². The maximum absolute atomic E-state index is 12.6. The van der Waals surface area contributed by atoms with E-state index in [1.807, 2.05) is 31.2 Å². The smallest absolute Gasteiger partial charge is 0.232 e. The summed E-state index contributed by atoms with van der Waals surface area (Å²) in [4.78, 5) is 14.4. The van der Waals surface area contributed by atoms with Crippen LogP contribution in [-0.4, -0.2) is 33.7 Å². The van der Waals surface area contributed by atoms with Crippen LogP contribution in [0.1, 0.15) is 24.0 Å². The van der Waals surface area contributed by atoms with E-state index in [-0.39, 0.29) is 12.5 Å². The normalized spacial score (nSPS) is 13.5. The molecule has 0 aromatic heterocycles. The summed E-state index contributed by atoms with van der Waals surface area (Å²) < 4.78 is 25.9. The van der Waals surface area contributed by atoms with E-state index in [0.717, 1.165) is 17.7 Å². The number of carbonyl (C=O) groups excluding carboxylic acids is 1. The molecule has 1 amide bonds. The number of rotatable bonds is 6. The van der Waals surface area contributed by atoms with Gasteiger partial charge in [0, 0.05) is 30.2 Å². The molecular weight excluding hydrogens is 384 g/mol. The van der Waals surface area contributed by atoms with Crippen molar-refractivity contribution < 1.29 is 13.2 Å². The van der Waals surface area contributed by atoms with E-state index in [2.05, 4.69) is 0 Å². The van der Waals surface area contributed by atoms with Crippen molar-refractivity contribution in [2.24, 2.45) is 0 Å². The Labute approximate surface area is 165 Å². The molecule has 0 saturated heterocycles. The maximum Gasteiger partial charge on any atom is 0.232 e. The number of aryl methyl sites for hydroxylation is 1. The van der Waals surface area contributed by atoms with Crippen molar-refractivity contribution in [1.82, 2.24) is 0 Å². The molecule has 7 heteroatoms. The summed E-state index contributed by atoms with van der Waals surface area (Å²) >= 11 is 6.05. The number of halogens is 1. The Hall–Kier alpha value is -2.05. The van der Waals surface area contributed by atoms with Gasteiger partial charge in [-0.2, -0.15) is 0 Å². The highest BCUT2D eigenvalue weighted by molar-refractivity contribution is 7.92. The monoisotopic (exact) mass is 406 g/mol. The fourth-order valence-electron chi connectivity index (χ4n) is 3.42. The van der Waals surface area contributed by atoms with Crippen LogP contribution >= 0.6 is 11.6 Å². The standard InChI is InChI=1S/C20H23ClN2O3S/c1-15-9-10-17(21)14-19(15)23(27(2,25)26)12-5-8-20(24)22-13-11-16-6-3-4-7-18(16)22/h3-4,6-7,9-10,14H,5,8,11-13H2,1-2H3. The minimum atomic E-state index is -3.47. The molecule has 5 nitrogen and oxygen atoms in total. The van der Waals surface area contributed by atoms with E-state index in [1.165, 1.54) is 16.1 Å². The average molecular weight is 407 g/mol. The predicted molar refractivity (Wildman–Crippen MR) is 110 cm³/mol. The molecule has 0 atom stereocenters. The van der Waals surface area contributed by atoms with Crippen molar-refractivity contribution in [3.8, 4) is 0 Å². The first-order valence-corrected chi connectivity index (χ1v) is 11.1. The third kappa shape index (κ3) is 4.45. The number of sulfonamides is 1. The second kappa shape index (κ2) is 7.90. The molecule has 1 heterocycles. The van der Waals surface area contributed by atoms with Crippen LogP contribution < -0.4 is 9.21 Å². The van der Waals surface area contributed by atoms with Crippen LogP contribution in [0.4, 0.5) is 11.4 Å². The van der Waals surface area contributed by atoms with Crippen LogP contribution in [0, 0.1) is 6.92 Å². The van der Waals surface area contributed by atoms with Gasteiger partial charge in [-0.1, -0.05) is 35.9 Å². The van der Waals surface area contributed by atoms with Gasteiger partial charge in [-0.25, -0.2) is 8.42 Å². The van der Waals surface area contributed by atoms with Crippen LogP contribution in [0.5, 0.6) is 0 Å². The lowest BCUT2D eigenvalue weighted by atomic mass is 10.2. The fraction of sp³-hybridized carbons (Fsp3) is 0.350. The van der Waals surface area contributed by atoms with Gasteiger partial charge in [0.05, 0.1) is 11.9 Å². The number of para-hydroxylation sites is 1. The second-order valence-electron chi connectivity index (χ2n) is 6.79. The van der Waals surface area contributed by atoms with Gasteiger partial charge in [0.1, 0.15) is 0 Å². The summed E-state index contributed by atoms with van der Waals surface area (Å²) in [5, 5.41) is 0.481. The number of hydrogen-bond donors (Lipinski definition) is 0. The minimum Gasteiger partial charge on any atom is -0.312 e. The number of fused-ring (bicyclic) bond motifs is 1. The van der Waals surface area contributed by atoms with Gasteiger partial charge < -0.3 is 4.90 Å². The van der Waals surface area contributed by atoms with Gasteiger partial charge in [0.15, 0.2) is 0 Å². The van der Waals surface area contributed by atoms with Gasteiger partial charge in [-0.05, 0) is 49.1 Å². The lowest BCUT2D eigenvalue weighted by Gasteiger charge is -2.25. The van der Waals surface area contributed by atoms with Crippen LogP contribution in [-0.2, 0) is 21.2 Å². The Morgan fingerprint density at radius 2 is 1.96 bits per heavy atom. The number of anilines is 2. The Bertz CT molecular complexity index is 959. The molecule has 144 valence electrons. The van der Waals surface area contributed by atoms with E-state index in [9.17, 15) is 13.2 Å². The summed E-state index contributed by atoms with van der Waals surface area (Å²) in [6, 6.07) is 13.1. The number of nitrogens with zero attached hydrogens (tertiary/aromatic N) is 2. The number of hydrogen-bond acceptors (Lipinski definition) is 3. The molecule has 0 saturated carbocycles. The first kappa shape index (κ1) is 19.7. The Morgan fingerprint density at radius 3 is 2.70 bits per heavy atom. The number of carbonyl (C=O) groups is 1. The number of benzene rings is 2. The third-order valence-corrected chi connectivity index (χ3v) is 6.20. The minimum absolute atomic E-state index is 0.0243. The Kier molecular flexibility index (Phi) is 5.77. The summed E-state index contributed by atoms with van der Waals surface area (Å²) in [6.45, 7) is 2.76. The lowest BCUT2D eigenvalue weighted by Crippen LogP contribution is -2.33. The van der Waals surface area contributed by atoms with E-state index in [4.69, 9.17) is 11.6 Å². The van der Waals surface area contributed by atoms with Gasteiger partial charge in [-0.3, -0.25) is 9.10 Å². The van der Waals surface area contributed by atoms with Gasteiger partial charge in [-0.15, -0.1) is 0 Å². The quantitative estimate of drug-likeness (QED) is 0.733. The molecule has 0 N–H and O–H groups in total. The van der Waals surface area contributed by atoms with E-state index in [1.54, 1.807) is 23.1 Å². The summed E-state index contributed by atoms with van der Waals surface area (Å²) in [6.07, 6.45) is 2.77. The topological polar surface area (TPSA) is 57.7 Å². The molecule has 27 heavy (non-hydrogen) atoms. The molecule has 0 unspecified atom stereocenters. The van der Waals surface area contributed by atoms with Crippen LogP contribution in [0.15, 0.2) is 42.5 Å². The number of amides is 1. The van der Waals surface area contributed by atoms with Gasteiger partial charge in [0.2, 0.25) is 15.9 Å². The molecule has 0 bridgehead atoms. The summed E-state index contributed by atoms with van der Waals surface area (Å²) in [5.41, 5.74) is 3.53. The molecule has 2 aromatic rings. The van der Waals surface area contributed by atoms with E-state index < -0.39 is 10.0 Å². The van der Waals surface area contributed by atoms with Crippen molar-refractivity contribution in [2.75, 3.05) is 28.6 Å². The highest BCUT2D eigenvalue weighted by atomic mass is 35.5. The first-order valence-electron chi connectivity index (χ1n) is 8.89. The predicted octanol–water partition coefficient (Wildman–Crippen LogP) is 3.78. The van der Waals surface area contributed by atoms with Crippen molar-refractivity contribution in [3.05, 3.63) is 58.6 Å². The highest BCUT2D eigenvalue weighted by Crippen LogP contribution is 2.29. The Balaban J connectivity index is 1.69. The van der Waals surface area contributed by atoms with Crippen LogP contribution in [0.2, 0.25) is 5.02 Å². The van der Waals surface area contributed by atoms with Crippen LogP contribution in [0.25, 0.3) is 0 Å². The molecular formula is C20H23ClN2O3S. The molecule has 0 fully saturated rings. The second-order valence-corrected chi connectivity index (χ2v) is 9.14. The van der Waals surface area contributed by atoms with Crippen LogP contribution in [0.3, 0.4) is 0 Å². The largest absolute Gasteiger partial charge is 0.312 e. The Morgan fingerprint density at radius 1 is 1.22 bits per heavy atom. The molecule has 0 spiro atoms. The van der Waals surface area contributed by atoms with Gasteiger partial charge >= 0.3 is 0 Å². The molecule has 0 aliphatic carbocycles. The molecule has 1 aliphatic heterocycles. The van der Waals surface area contributed by atoms with E-state index in [0.29, 0.717) is 30.1 Å². The summed E-state index contributed by atoms with van der Waals surface area (Å²) in [5.74, 6) is 0.0243. The van der Waals surface area contributed by atoms with Crippen molar-refractivity contribution in [3.63, 3.8) is 0 Å². The SMILES string of the molecule is Cc1ccc(Cl)cc1N(CCCC(=O)N1CCc2ccccc21)S(C)(=O)=O. The molecule has 3 rings (SSSR count). The van der Waals surface area contributed by atoms with Crippen molar-refractivity contribution in [1.29, 1.82) is 0 Å². The van der Waals surface area contributed by atoms with Gasteiger partial charge in [0.25, 0.3) is 0 Å². The van der Waals surface area contributed by atoms with Crippen molar-refractivity contribution in [2.45, 2.75) is 26.2 Å². The molecule has 1 aliphatic rings. The highest BCUT2D eigenvalue weighted by Gasteiger charge is 2.25. The zero-order chi connectivity index (χ0) is 19.6. The molecule has 2 aromatic carbocycles. The third-order valence-electron chi connectivity index (χ3n) is 4.78. The fourth-order valence-corrected chi connectivity index (χ4v) is 4.60. The summed E-state index contributed by atoms with van der Waals surface area (Å²) in [7, 11) is -3.47. The first-order chi connectivity index (χ1) is 12.8. The van der Waals surface area contributed by atoms with Crippen molar-refractivity contribution >= 4 is 38.9 Å². The average Bonchev–Trinajstić information content (AvgIpc) is 3.04. The zero-order valence-corrected chi connectivity index (χ0v) is 17.1. The molecule has 0 radical (unpaired) electrons.